The number of ether oxygens (including phenoxy) is 1. The SMILES string of the molecule is COC1(C(NN)c2ccc(F)cc2F)CCC1. The summed E-state index contributed by atoms with van der Waals surface area (Å²) in [6, 6.07) is 3.04. The molecule has 0 spiro atoms. The van der Waals surface area contributed by atoms with Crippen molar-refractivity contribution in [3.05, 3.63) is 35.4 Å². The maximum absolute atomic E-state index is 13.7. The maximum atomic E-state index is 13.7. The molecule has 1 aromatic carbocycles. The highest BCUT2D eigenvalue weighted by atomic mass is 19.1. The summed E-state index contributed by atoms with van der Waals surface area (Å²) in [6.07, 6.45) is 2.65. The van der Waals surface area contributed by atoms with Gasteiger partial charge >= 0.3 is 0 Å². The average Bonchev–Trinajstić information content (AvgIpc) is 2.24. The van der Waals surface area contributed by atoms with Gasteiger partial charge in [-0.3, -0.25) is 5.84 Å². The zero-order chi connectivity index (χ0) is 12.5. The number of hydrazine groups is 1. The molecule has 0 radical (unpaired) electrons. The Morgan fingerprint density at radius 3 is 2.53 bits per heavy atom. The van der Waals surface area contributed by atoms with Crippen LogP contribution in [0.25, 0.3) is 0 Å². The van der Waals surface area contributed by atoms with Crippen molar-refractivity contribution in [1.29, 1.82) is 0 Å². The quantitative estimate of drug-likeness (QED) is 0.627. The van der Waals surface area contributed by atoms with Gasteiger partial charge in [-0.25, -0.2) is 14.2 Å². The third-order valence-corrected chi connectivity index (χ3v) is 3.57. The zero-order valence-electron chi connectivity index (χ0n) is 9.67. The highest BCUT2D eigenvalue weighted by Gasteiger charge is 2.45. The van der Waals surface area contributed by atoms with E-state index in [1.54, 1.807) is 7.11 Å². The van der Waals surface area contributed by atoms with Crippen LogP contribution < -0.4 is 11.3 Å². The molecule has 1 aliphatic rings. The van der Waals surface area contributed by atoms with E-state index in [2.05, 4.69) is 5.43 Å². The van der Waals surface area contributed by atoms with Crippen molar-refractivity contribution in [1.82, 2.24) is 5.43 Å². The highest BCUT2D eigenvalue weighted by Crippen LogP contribution is 2.45. The Morgan fingerprint density at radius 2 is 2.12 bits per heavy atom. The molecule has 3 nitrogen and oxygen atoms in total. The van der Waals surface area contributed by atoms with Crippen LogP contribution in [0.15, 0.2) is 18.2 Å². The topological polar surface area (TPSA) is 47.3 Å². The minimum absolute atomic E-state index is 0.343. The van der Waals surface area contributed by atoms with Gasteiger partial charge in [0.15, 0.2) is 0 Å². The predicted octanol–water partition coefficient (Wildman–Crippen LogP) is 2.04. The number of benzene rings is 1. The molecule has 1 atom stereocenters. The normalized spacial score (nSPS) is 19.8. The van der Waals surface area contributed by atoms with Gasteiger partial charge in [0.05, 0.1) is 11.6 Å². The molecule has 2 rings (SSSR count). The largest absolute Gasteiger partial charge is 0.376 e. The van der Waals surface area contributed by atoms with E-state index in [4.69, 9.17) is 10.6 Å². The fraction of sp³-hybridized carbons (Fsp3) is 0.500. The Balaban J connectivity index is 2.35. The molecule has 0 amide bonds. The van der Waals surface area contributed by atoms with Crippen LogP contribution in [0.4, 0.5) is 8.78 Å². The first-order valence-corrected chi connectivity index (χ1v) is 5.59. The first-order chi connectivity index (χ1) is 8.13. The van der Waals surface area contributed by atoms with Crippen LogP contribution >= 0.6 is 0 Å². The van der Waals surface area contributed by atoms with Crippen molar-refractivity contribution in [2.24, 2.45) is 5.84 Å². The second-order valence-electron chi connectivity index (χ2n) is 4.39. The summed E-state index contributed by atoms with van der Waals surface area (Å²) < 4.78 is 32.1. The Bertz CT molecular complexity index is 402. The Hall–Kier alpha value is -1.04. The molecule has 0 heterocycles. The number of hydrogen-bond donors (Lipinski definition) is 2. The van der Waals surface area contributed by atoms with Crippen LogP contribution in [0, 0.1) is 11.6 Å². The molecule has 0 aliphatic heterocycles. The lowest BCUT2D eigenvalue weighted by atomic mass is 9.72. The van der Waals surface area contributed by atoms with Gasteiger partial charge in [-0.15, -0.1) is 0 Å². The first kappa shape index (κ1) is 12.4. The molecule has 1 aliphatic carbocycles. The Labute approximate surface area is 98.9 Å². The predicted molar refractivity (Wildman–Crippen MR) is 60.0 cm³/mol. The van der Waals surface area contributed by atoms with Gasteiger partial charge in [0, 0.05) is 18.7 Å². The first-order valence-electron chi connectivity index (χ1n) is 5.59. The van der Waals surface area contributed by atoms with Gasteiger partial charge in [0.25, 0.3) is 0 Å². The van der Waals surface area contributed by atoms with Crippen LogP contribution in [-0.2, 0) is 4.74 Å². The van der Waals surface area contributed by atoms with E-state index in [0.29, 0.717) is 5.56 Å². The molecule has 5 heteroatoms. The lowest BCUT2D eigenvalue weighted by Crippen LogP contribution is -2.52. The van der Waals surface area contributed by atoms with Crippen LogP contribution in [0.3, 0.4) is 0 Å². The van der Waals surface area contributed by atoms with Crippen molar-refractivity contribution in [3.63, 3.8) is 0 Å². The summed E-state index contributed by atoms with van der Waals surface area (Å²) >= 11 is 0. The van der Waals surface area contributed by atoms with E-state index in [1.807, 2.05) is 0 Å². The average molecular weight is 242 g/mol. The van der Waals surface area contributed by atoms with Gasteiger partial charge in [-0.05, 0) is 25.3 Å². The minimum Gasteiger partial charge on any atom is -0.376 e. The van der Waals surface area contributed by atoms with E-state index in [1.165, 1.54) is 12.1 Å². The summed E-state index contributed by atoms with van der Waals surface area (Å²) in [7, 11) is 1.59. The fourth-order valence-electron chi connectivity index (χ4n) is 2.40. The number of methoxy groups -OCH3 is 1. The second-order valence-corrected chi connectivity index (χ2v) is 4.39. The van der Waals surface area contributed by atoms with E-state index < -0.39 is 23.3 Å². The lowest BCUT2D eigenvalue weighted by Gasteiger charge is -2.46. The number of hydrogen-bond acceptors (Lipinski definition) is 3. The summed E-state index contributed by atoms with van der Waals surface area (Å²) in [5.41, 5.74) is 2.45. The number of nitrogens with one attached hydrogen (secondary N) is 1. The standard InChI is InChI=1S/C12H16F2N2O/c1-17-12(5-2-6-12)11(16-15)9-4-3-8(13)7-10(9)14/h3-4,7,11,16H,2,5-6,15H2,1H3. The van der Waals surface area contributed by atoms with E-state index >= 15 is 0 Å². The number of rotatable bonds is 4. The lowest BCUT2D eigenvalue weighted by molar-refractivity contribution is -0.101. The third-order valence-electron chi connectivity index (χ3n) is 3.57. The monoisotopic (exact) mass is 242 g/mol. The summed E-state index contributed by atoms with van der Waals surface area (Å²) in [4.78, 5) is 0. The van der Waals surface area contributed by atoms with Gasteiger partial charge in [0.2, 0.25) is 0 Å². The fourth-order valence-corrected chi connectivity index (χ4v) is 2.40. The number of nitrogens with two attached hydrogens (primary N) is 1. The third kappa shape index (κ3) is 2.06. The molecule has 1 saturated carbocycles. The molecule has 1 aromatic rings. The maximum Gasteiger partial charge on any atom is 0.131 e. The molecular formula is C12H16F2N2O. The van der Waals surface area contributed by atoms with Crippen molar-refractivity contribution in [3.8, 4) is 0 Å². The Morgan fingerprint density at radius 1 is 1.41 bits per heavy atom. The highest BCUT2D eigenvalue weighted by molar-refractivity contribution is 5.26. The summed E-state index contributed by atoms with van der Waals surface area (Å²) in [5.74, 6) is 4.30. The molecule has 1 unspecified atom stereocenters. The zero-order valence-corrected chi connectivity index (χ0v) is 9.67. The van der Waals surface area contributed by atoms with E-state index in [9.17, 15) is 8.78 Å². The Kier molecular flexibility index (Phi) is 3.42. The second kappa shape index (κ2) is 4.68. The van der Waals surface area contributed by atoms with Gasteiger partial charge < -0.3 is 4.74 Å². The molecule has 3 N–H and O–H groups in total. The van der Waals surface area contributed by atoms with Crippen molar-refractivity contribution in [2.75, 3.05) is 7.11 Å². The minimum atomic E-state index is -0.601. The molecule has 94 valence electrons. The van der Waals surface area contributed by atoms with E-state index in [-0.39, 0.29) is 0 Å². The summed E-state index contributed by atoms with van der Waals surface area (Å²) in [5, 5.41) is 0. The van der Waals surface area contributed by atoms with Gasteiger partial charge in [0.1, 0.15) is 11.6 Å². The van der Waals surface area contributed by atoms with Crippen molar-refractivity contribution < 1.29 is 13.5 Å². The summed E-state index contributed by atoms with van der Waals surface area (Å²) in [6.45, 7) is 0. The van der Waals surface area contributed by atoms with Crippen molar-refractivity contribution >= 4 is 0 Å². The smallest absolute Gasteiger partial charge is 0.131 e. The van der Waals surface area contributed by atoms with Gasteiger partial charge in [-0.1, -0.05) is 6.07 Å². The van der Waals surface area contributed by atoms with Crippen LogP contribution in [0.1, 0.15) is 30.9 Å². The van der Waals surface area contributed by atoms with Crippen LogP contribution in [0.2, 0.25) is 0 Å². The molecular weight excluding hydrogens is 226 g/mol. The van der Waals surface area contributed by atoms with Crippen molar-refractivity contribution in [2.45, 2.75) is 30.9 Å². The van der Waals surface area contributed by atoms with Crippen LogP contribution in [-0.4, -0.2) is 12.7 Å². The number of halogens is 2. The van der Waals surface area contributed by atoms with E-state index in [0.717, 1.165) is 25.3 Å². The van der Waals surface area contributed by atoms with Gasteiger partial charge in [-0.2, -0.15) is 0 Å². The molecule has 1 fully saturated rings. The molecule has 0 bridgehead atoms. The van der Waals surface area contributed by atoms with Crippen LogP contribution in [0.5, 0.6) is 0 Å². The molecule has 0 saturated heterocycles. The molecule has 0 aromatic heterocycles. The molecule has 17 heavy (non-hydrogen) atoms.